The van der Waals surface area contributed by atoms with Gasteiger partial charge in [-0.1, -0.05) is 30.3 Å². The van der Waals surface area contributed by atoms with Crippen LogP contribution in [0, 0.1) is 0 Å². The number of ether oxygens (including phenoxy) is 1. The summed E-state index contributed by atoms with van der Waals surface area (Å²) in [4.78, 5) is 38.0. The number of nitrogens with one attached hydrogen (secondary N) is 2. The minimum Gasteiger partial charge on any atom is -0.496 e. The number of piperidine rings is 1. The maximum Gasteiger partial charge on any atom is 0.227 e. The summed E-state index contributed by atoms with van der Waals surface area (Å²) in [6.45, 7) is 2.72. The molecule has 0 bridgehead atoms. The predicted molar refractivity (Wildman–Crippen MR) is 119 cm³/mol. The van der Waals surface area contributed by atoms with Crippen molar-refractivity contribution in [1.82, 2.24) is 10.2 Å². The summed E-state index contributed by atoms with van der Waals surface area (Å²) in [5.41, 5.74) is 2.48. The first-order valence-corrected chi connectivity index (χ1v) is 10.5. The lowest BCUT2D eigenvalue weighted by Gasteiger charge is -2.32. The standard InChI is InChI=1S/C24H29N3O4/c1-17(28)25-20-9-7-18(8-10-20)15-23(29)26-21-11-13-27(14-12-21)24(30)16-19-5-3-4-6-22(19)31-2/h3-10,21H,11-16H2,1-2H3,(H,25,28)(H,26,29). The second kappa shape index (κ2) is 10.6. The molecule has 0 aliphatic carbocycles. The Morgan fingerprint density at radius 1 is 1.00 bits per heavy atom. The number of hydrogen-bond acceptors (Lipinski definition) is 4. The molecule has 0 saturated carbocycles. The highest BCUT2D eigenvalue weighted by molar-refractivity contribution is 5.88. The van der Waals surface area contributed by atoms with Crippen molar-refractivity contribution in [2.24, 2.45) is 0 Å². The monoisotopic (exact) mass is 423 g/mol. The number of amides is 3. The van der Waals surface area contributed by atoms with Gasteiger partial charge in [-0.15, -0.1) is 0 Å². The van der Waals surface area contributed by atoms with Gasteiger partial charge >= 0.3 is 0 Å². The smallest absolute Gasteiger partial charge is 0.227 e. The van der Waals surface area contributed by atoms with Gasteiger partial charge in [-0.2, -0.15) is 0 Å². The lowest BCUT2D eigenvalue weighted by molar-refractivity contribution is -0.131. The predicted octanol–water partition coefficient (Wildman–Crippen LogP) is 2.55. The van der Waals surface area contributed by atoms with Gasteiger partial charge in [-0.25, -0.2) is 0 Å². The van der Waals surface area contributed by atoms with Crippen LogP contribution in [0.4, 0.5) is 5.69 Å². The zero-order chi connectivity index (χ0) is 22.2. The van der Waals surface area contributed by atoms with Crippen LogP contribution in [0.15, 0.2) is 48.5 Å². The van der Waals surface area contributed by atoms with Crippen LogP contribution in [0.3, 0.4) is 0 Å². The first-order chi connectivity index (χ1) is 14.9. The number of benzene rings is 2. The van der Waals surface area contributed by atoms with E-state index in [-0.39, 0.29) is 30.2 Å². The number of rotatable bonds is 7. The van der Waals surface area contributed by atoms with Crippen LogP contribution in [0.1, 0.15) is 30.9 Å². The molecule has 1 fully saturated rings. The van der Waals surface area contributed by atoms with Crippen LogP contribution in [-0.4, -0.2) is 48.9 Å². The summed E-state index contributed by atoms with van der Waals surface area (Å²) < 4.78 is 5.33. The number of anilines is 1. The average Bonchev–Trinajstić information content (AvgIpc) is 2.75. The number of hydrogen-bond donors (Lipinski definition) is 2. The molecule has 1 heterocycles. The normalized spacial score (nSPS) is 14.1. The molecule has 164 valence electrons. The third kappa shape index (κ3) is 6.57. The van der Waals surface area contributed by atoms with E-state index >= 15 is 0 Å². The molecule has 1 aliphatic rings. The molecule has 0 unspecified atom stereocenters. The lowest BCUT2D eigenvalue weighted by atomic mass is 10.0. The van der Waals surface area contributed by atoms with Gasteiger partial charge in [0.1, 0.15) is 5.75 Å². The number of nitrogens with zero attached hydrogens (tertiary/aromatic N) is 1. The molecule has 1 saturated heterocycles. The topological polar surface area (TPSA) is 87.7 Å². The second-order valence-corrected chi connectivity index (χ2v) is 7.77. The SMILES string of the molecule is COc1ccccc1CC(=O)N1CCC(NC(=O)Cc2ccc(NC(C)=O)cc2)CC1. The van der Waals surface area contributed by atoms with E-state index in [4.69, 9.17) is 4.74 Å². The van der Waals surface area contributed by atoms with E-state index in [1.165, 1.54) is 6.92 Å². The highest BCUT2D eigenvalue weighted by Crippen LogP contribution is 2.20. The third-order valence-electron chi connectivity index (χ3n) is 5.39. The van der Waals surface area contributed by atoms with Gasteiger partial charge in [0.15, 0.2) is 0 Å². The molecule has 2 aromatic carbocycles. The van der Waals surface area contributed by atoms with E-state index in [1.807, 2.05) is 41.3 Å². The van der Waals surface area contributed by atoms with Gasteiger partial charge in [0, 0.05) is 37.3 Å². The van der Waals surface area contributed by atoms with Gasteiger partial charge in [-0.05, 0) is 36.6 Å². The van der Waals surface area contributed by atoms with Crippen LogP contribution < -0.4 is 15.4 Å². The van der Waals surface area contributed by atoms with Crippen LogP contribution in [0.25, 0.3) is 0 Å². The lowest BCUT2D eigenvalue weighted by Crippen LogP contribution is -2.47. The molecule has 0 spiro atoms. The Kier molecular flexibility index (Phi) is 7.65. The van der Waals surface area contributed by atoms with Crippen molar-refractivity contribution in [3.8, 4) is 5.75 Å². The molecule has 2 N–H and O–H groups in total. The van der Waals surface area contributed by atoms with Crippen molar-refractivity contribution in [2.45, 2.75) is 38.6 Å². The van der Waals surface area contributed by atoms with Crippen LogP contribution in [0.5, 0.6) is 5.75 Å². The Hall–Kier alpha value is -3.35. The minimum absolute atomic E-state index is 0.0360. The molecule has 0 aromatic heterocycles. The van der Waals surface area contributed by atoms with Gasteiger partial charge in [-0.3, -0.25) is 14.4 Å². The highest BCUT2D eigenvalue weighted by atomic mass is 16.5. The van der Waals surface area contributed by atoms with E-state index in [0.29, 0.717) is 25.2 Å². The van der Waals surface area contributed by atoms with Crippen molar-refractivity contribution in [3.63, 3.8) is 0 Å². The van der Waals surface area contributed by atoms with Crippen molar-refractivity contribution in [2.75, 3.05) is 25.5 Å². The molecule has 3 amide bonds. The second-order valence-electron chi connectivity index (χ2n) is 7.77. The van der Waals surface area contributed by atoms with Crippen LogP contribution in [0.2, 0.25) is 0 Å². The van der Waals surface area contributed by atoms with E-state index < -0.39 is 0 Å². The van der Waals surface area contributed by atoms with Crippen molar-refractivity contribution in [1.29, 1.82) is 0 Å². The molecule has 0 radical (unpaired) electrons. The third-order valence-corrected chi connectivity index (χ3v) is 5.39. The molecule has 1 aliphatic heterocycles. The summed E-state index contributed by atoms with van der Waals surface area (Å²) >= 11 is 0. The van der Waals surface area contributed by atoms with E-state index in [9.17, 15) is 14.4 Å². The van der Waals surface area contributed by atoms with E-state index in [2.05, 4.69) is 10.6 Å². The maximum absolute atomic E-state index is 12.7. The van der Waals surface area contributed by atoms with Gasteiger partial charge in [0.2, 0.25) is 17.7 Å². The molecular weight excluding hydrogens is 394 g/mol. The summed E-state index contributed by atoms with van der Waals surface area (Å²) in [5.74, 6) is 0.640. The fourth-order valence-corrected chi connectivity index (χ4v) is 3.77. The van der Waals surface area contributed by atoms with Gasteiger partial charge in [0.05, 0.1) is 20.0 Å². The van der Waals surface area contributed by atoms with Gasteiger partial charge in [0.25, 0.3) is 0 Å². The number of likely N-dealkylation sites (tertiary alicyclic amines) is 1. The Balaban J connectivity index is 1.43. The summed E-state index contributed by atoms with van der Waals surface area (Å²) in [6.07, 6.45) is 2.08. The highest BCUT2D eigenvalue weighted by Gasteiger charge is 2.24. The Labute approximate surface area is 182 Å². The van der Waals surface area contributed by atoms with Crippen molar-refractivity contribution < 1.29 is 19.1 Å². The Morgan fingerprint density at radius 3 is 2.32 bits per heavy atom. The Morgan fingerprint density at radius 2 is 1.68 bits per heavy atom. The number of methoxy groups -OCH3 is 1. The zero-order valence-corrected chi connectivity index (χ0v) is 18.0. The van der Waals surface area contributed by atoms with Crippen LogP contribution >= 0.6 is 0 Å². The maximum atomic E-state index is 12.7. The fourth-order valence-electron chi connectivity index (χ4n) is 3.77. The minimum atomic E-state index is -0.127. The summed E-state index contributed by atoms with van der Waals surface area (Å²) in [7, 11) is 1.61. The molecule has 31 heavy (non-hydrogen) atoms. The number of para-hydroxylation sites is 1. The Bertz CT molecular complexity index is 919. The van der Waals surface area contributed by atoms with E-state index in [0.717, 1.165) is 29.7 Å². The fraction of sp³-hybridized carbons (Fsp3) is 0.375. The van der Waals surface area contributed by atoms with Gasteiger partial charge < -0.3 is 20.3 Å². The largest absolute Gasteiger partial charge is 0.496 e. The number of carbonyl (C=O) groups excluding carboxylic acids is 3. The van der Waals surface area contributed by atoms with Crippen LogP contribution in [-0.2, 0) is 27.2 Å². The zero-order valence-electron chi connectivity index (χ0n) is 18.0. The summed E-state index contributed by atoms with van der Waals surface area (Å²) in [6, 6.07) is 14.9. The summed E-state index contributed by atoms with van der Waals surface area (Å²) in [5, 5.41) is 5.78. The first kappa shape index (κ1) is 22.3. The van der Waals surface area contributed by atoms with Crippen molar-refractivity contribution >= 4 is 23.4 Å². The molecule has 7 nitrogen and oxygen atoms in total. The average molecular weight is 424 g/mol. The molecule has 2 aromatic rings. The number of carbonyl (C=O) groups is 3. The molecule has 0 atom stereocenters. The molecule has 7 heteroatoms. The molecule has 3 rings (SSSR count). The quantitative estimate of drug-likeness (QED) is 0.717. The van der Waals surface area contributed by atoms with Crippen molar-refractivity contribution in [3.05, 3.63) is 59.7 Å². The first-order valence-electron chi connectivity index (χ1n) is 10.5. The van der Waals surface area contributed by atoms with E-state index in [1.54, 1.807) is 19.2 Å². The molecular formula is C24H29N3O4.